The maximum atomic E-state index is 13.0. The summed E-state index contributed by atoms with van der Waals surface area (Å²) in [5.74, 6) is -0.867. The molecule has 0 aromatic rings. The van der Waals surface area contributed by atoms with Crippen LogP contribution in [0, 0.1) is 23.7 Å². The molecule has 0 aromatic heterocycles. The highest BCUT2D eigenvalue weighted by atomic mass is 16.6. The van der Waals surface area contributed by atoms with Gasteiger partial charge in [-0.15, -0.1) is 0 Å². The molecule has 24 heavy (non-hydrogen) atoms. The predicted molar refractivity (Wildman–Crippen MR) is 91.2 cm³/mol. The van der Waals surface area contributed by atoms with E-state index in [4.69, 9.17) is 9.47 Å². The fourth-order valence-electron chi connectivity index (χ4n) is 4.98. The Morgan fingerprint density at radius 2 is 1.67 bits per heavy atom. The second kappa shape index (κ2) is 7.28. The summed E-state index contributed by atoms with van der Waals surface area (Å²) >= 11 is 0. The first-order chi connectivity index (χ1) is 11.6. The number of carbonyl (C=O) groups is 2. The molecule has 4 unspecified atom stereocenters. The number of carbonyl (C=O) groups excluding carboxylic acids is 2. The van der Waals surface area contributed by atoms with Crippen molar-refractivity contribution in [3.63, 3.8) is 0 Å². The highest BCUT2D eigenvalue weighted by molar-refractivity contribution is 5.84. The normalized spacial score (nSPS) is 33.4. The summed E-state index contributed by atoms with van der Waals surface area (Å²) in [5.41, 5.74) is -0.294. The van der Waals surface area contributed by atoms with Crippen molar-refractivity contribution in [3.8, 4) is 0 Å². The number of ether oxygens (including phenoxy) is 2. The van der Waals surface area contributed by atoms with Crippen molar-refractivity contribution >= 4 is 11.9 Å². The summed E-state index contributed by atoms with van der Waals surface area (Å²) in [7, 11) is 1.41. The smallest absolute Gasteiger partial charge is 0.310 e. The van der Waals surface area contributed by atoms with Gasteiger partial charge >= 0.3 is 11.9 Å². The van der Waals surface area contributed by atoms with Gasteiger partial charge in [-0.2, -0.15) is 0 Å². The molecule has 0 heterocycles. The Morgan fingerprint density at radius 1 is 1.04 bits per heavy atom. The summed E-state index contributed by atoms with van der Waals surface area (Å²) in [6.07, 6.45) is 13.6. The molecule has 2 saturated carbocycles. The largest absolute Gasteiger partial charge is 0.469 e. The Balaban J connectivity index is 1.74. The molecule has 3 rings (SSSR count). The first-order valence-corrected chi connectivity index (χ1v) is 9.59. The maximum Gasteiger partial charge on any atom is 0.310 e. The molecular weight excluding hydrogens is 304 g/mol. The first kappa shape index (κ1) is 17.5. The average molecular weight is 334 g/mol. The fraction of sp³-hybridized carbons (Fsp3) is 0.800. The van der Waals surface area contributed by atoms with Gasteiger partial charge in [-0.25, -0.2) is 0 Å². The summed E-state index contributed by atoms with van der Waals surface area (Å²) in [6, 6.07) is 0. The van der Waals surface area contributed by atoms with Crippen molar-refractivity contribution in [3.05, 3.63) is 12.2 Å². The molecule has 0 radical (unpaired) electrons. The molecule has 2 fully saturated rings. The molecule has 2 bridgehead atoms. The molecule has 0 spiro atoms. The second-order valence-corrected chi connectivity index (χ2v) is 7.79. The molecule has 4 heteroatoms. The van der Waals surface area contributed by atoms with Gasteiger partial charge in [-0.1, -0.05) is 31.9 Å². The zero-order chi connectivity index (χ0) is 17.2. The third-order valence-corrected chi connectivity index (χ3v) is 6.27. The van der Waals surface area contributed by atoms with E-state index in [1.165, 1.54) is 13.5 Å². The lowest BCUT2D eigenvalue weighted by molar-refractivity contribution is -0.176. The summed E-state index contributed by atoms with van der Waals surface area (Å²) < 4.78 is 11.1. The molecule has 134 valence electrons. The predicted octanol–water partition coefficient (Wildman–Crippen LogP) is 4.03. The zero-order valence-corrected chi connectivity index (χ0v) is 15.0. The number of hydrogen-bond acceptors (Lipinski definition) is 4. The Hall–Kier alpha value is -1.32. The van der Waals surface area contributed by atoms with Crippen LogP contribution in [0.4, 0.5) is 0 Å². The SMILES string of the molecule is CCCCC1(OC(=O)C2C3C=CC(C3)C2C(=O)OC)CCCCC1. The van der Waals surface area contributed by atoms with E-state index in [0.717, 1.165) is 51.4 Å². The van der Waals surface area contributed by atoms with E-state index >= 15 is 0 Å². The minimum atomic E-state index is -0.357. The van der Waals surface area contributed by atoms with Gasteiger partial charge in [0.15, 0.2) is 0 Å². The minimum Gasteiger partial charge on any atom is -0.469 e. The minimum absolute atomic E-state index is 0.137. The Morgan fingerprint density at radius 3 is 2.25 bits per heavy atom. The molecule has 3 aliphatic carbocycles. The molecule has 4 nitrogen and oxygen atoms in total. The van der Waals surface area contributed by atoms with Crippen LogP contribution in [0.15, 0.2) is 12.2 Å². The summed E-state index contributed by atoms with van der Waals surface area (Å²) in [4.78, 5) is 25.2. The molecular formula is C20H30O4. The van der Waals surface area contributed by atoms with Crippen molar-refractivity contribution in [2.75, 3.05) is 7.11 Å². The van der Waals surface area contributed by atoms with E-state index in [-0.39, 0.29) is 41.2 Å². The van der Waals surface area contributed by atoms with E-state index in [1.807, 2.05) is 0 Å². The van der Waals surface area contributed by atoms with Crippen LogP contribution in [-0.4, -0.2) is 24.6 Å². The third-order valence-electron chi connectivity index (χ3n) is 6.27. The lowest BCUT2D eigenvalue weighted by Gasteiger charge is -2.39. The van der Waals surface area contributed by atoms with E-state index in [2.05, 4.69) is 19.1 Å². The number of hydrogen-bond donors (Lipinski definition) is 0. The van der Waals surface area contributed by atoms with Crippen molar-refractivity contribution in [1.29, 1.82) is 0 Å². The Kier molecular flexibility index (Phi) is 5.31. The van der Waals surface area contributed by atoms with Gasteiger partial charge in [-0.05, 0) is 56.8 Å². The van der Waals surface area contributed by atoms with Crippen molar-refractivity contribution in [1.82, 2.24) is 0 Å². The van der Waals surface area contributed by atoms with Crippen molar-refractivity contribution in [2.24, 2.45) is 23.7 Å². The molecule has 3 aliphatic rings. The molecule has 0 aromatic carbocycles. The molecule has 4 atom stereocenters. The van der Waals surface area contributed by atoms with Gasteiger partial charge in [0.25, 0.3) is 0 Å². The van der Waals surface area contributed by atoms with Gasteiger partial charge in [0.2, 0.25) is 0 Å². The van der Waals surface area contributed by atoms with E-state index in [0.29, 0.717) is 0 Å². The maximum absolute atomic E-state index is 13.0. The Bertz CT molecular complexity index is 504. The third kappa shape index (κ3) is 3.25. The molecule has 0 aliphatic heterocycles. The highest BCUT2D eigenvalue weighted by Crippen LogP contribution is 2.50. The average Bonchev–Trinajstić information content (AvgIpc) is 3.21. The van der Waals surface area contributed by atoms with Crippen LogP contribution < -0.4 is 0 Å². The van der Waals surface area contributed by atoms with Crippen LogP contribution >= 0.6 is 0 Å². The number of fused-ring (bicyclic) bond motifs is 2. The van der Waals surface area contributed by atoms with Gasteiger partial charge in [0, 0.05) is 0 Å². The quantitative estimate of drug-likeness (QED) is 0.543. The topological polar surface area (TPSA) is 52.6 Å². The first-order valence-electron chi connectivity index (χ1n) is 9.59. The lowest BCUT2D eigenvalue weighted by atomic mass is 9.79. The van der Waals surface area contributed by atoms with Crippen LogP contribution in [0.25, 0.3) is 0 Å². The van der Waals surface area contributed by atoms with E-state index in [1.54, 1.807) is 0 Å². The molecule has 0 saturated heterocycles. The van der Waals surface area contributed by atoms with E-state index < -0.39 is 0 Å². The van der Waals surface area contributed by atoms with Crippen LogP contribution in [0.5, 0.6) is 0 Å². The number of esters is 2. The van der Waals surface area contributed by atoms with Gasteiger partial charge in [0.05, 0.1) is 18.9 Å². The summed E-state index contributed by atoms with van der Waals surface area (Å²) in [5, 5.41) is 0. The molecule has 0 amide bonds. The highest BCUT2D eigenvalue weighted by Gasteiger charge is 2.54. The fourth-order valence-corrected chi connectivity index (χ4v) is 4.98. The van der Waals surface area contributed by atoms with Gasteiger partial charge in [-0.3, -0.25) is 9.59 Å². The number of methoxy groups -OCH3 is 1. The number of unbranched alkanes of at least 4 members (excludes halogenated alkanes) is 1. The monoisotopic (exact) mass is 334 g/mol. The standard InChI is InChI=1S/C20H30O4/c1-3-4-10-20(11-6-5-7-12-20)24-19(22)17-15-9-8-14(13-15)16(17)18(21)23-2/h8-9,14-17H,3-7,10-13H2,1-2H3. The molecule has 0 N–H and O–H groups in total. The number of rotatable bonds is 6. The Labute approximate surface area is 145 Å². The van der Waals surface area contributed by atoms with Crippen LogP contribution in [0.2, 0.25) is 0 Å². The van der Waals surface area contributed by atoms with Gasteiger partial charge in [0.1, 0.15) is 5.60 Å². The lowest BCUT2D eigenvalue weighted by Crippen LogP contribution is -2.42. The van der Waals surface area contributed by atoms with Crippen LogP contribution in [0.3, 0.4) is 0 Å². The van der Waals surface area contributed by atoms with Gasteiger partial charge < -0.3 is 9.47 Å². The van der Waals surface area contributed by atoms with Crippen LogP contribution in [0.1, 0.15) is 64.7 Å². The summed E-state index contributed by atoms with van der Waals surface area (Å²) in [6.45, 7) is 2.17. The van der Waals surface area contributed by atoms with E-state index in [9.17, 15) is 9.59 Å². The van der Waals surface area contributed by atoms with Crippen LogP contribution in [-0.2, 0) is 19.1 Å². The number of allylic oxidation sites excluding steroid dienone is 2. The van der Waals surface area contributed by atoms with Crippen molar-refractivity contribution in [2.45, 2.75) is 70.3 Å². The zero-order valence-electron chi connectivity index (χ0n) is 15.0. The second-order valence-electron chi connectivity index (χ2n) is 7.79. The van der Waals surface area contributed by atoms with Crippen molar-refractivity contribution < 1.29 is 19.1 Å².